The highest BCUT2D eigenvalue weighted by molar-refractivity contribution is 5.85. The largest absolute Gasteiger partial charge is 1.00 e. The van der Waals surface area contributed by atoms with Crippen molar-refractivity contribution >= 4 is 23.6 Å². The first-order valence-corrected chi connectivity index (χ1v) is 5.63. The van der Waals surface area contributed by atoms with Gasteiger partial charge in [-0.15, -0.1) is 17.5 Å². The summed E-state index contributed by atoms with van der Waals surface area (Å²) in [5.41, 5.74) is 7.46. The molecule has 0 atom stereocenters. The summed E-state index contributed by atoms with van der Waals surface area (Å²) >= 11 is 0. The van der Waals surface area contributed by atoms with Crippen molar-refractivity contribution in [2.45, 2.75) is 0 Å². The molecule has 0 fully saturated rings. The van der Waals surface area contributed by atoms with Gasteiger partial charge in [-0.05, 0) is 12.1 Å². The Morgan fingerprint density at radius 1 is 1.32 bits per heavy atom. The molecular formula is C12H20Cl2N4O. The van der Waals surface area contributed by atoms with Gasteiger partial charge in [0, 0.05) is 6.20 Å². The van der Waals surface area contributed by atoms with E-state index in [9.17, 15) is 0 Å². The Labute approximate surface area is 125 Å². The van der Waals surface area contributed by atoms with E-state index >= 15 is 0 Å². The lowest BCUT2D eigenvalue weighted by Crippen LogP contribution is -3.00. The minimum atomic E-state index is 0. The van der Waals surface area contributed by atoms with Gasteiger partial charge in [-0.1, -0.05) is 6.07 Å². The molecule has 19 heavy (non-hydrogen) atoms. The van der Waals surface area contributed by atoms with Gasteiger partial charge in [-0.3, -0.25) is 0 Å². The molecule has 0 aliphatic carbocycles. The van der Waals surface area contributed by atoms with E-state index in [-0.39, 0.29) is 24.8 Å². The zero-order valence-electron chi connectivity index (χ0n) is 11.3. The van der Waals surface area contributed by atoms with Crippen LogP contribution in [0.4, 0.5) is 5.69 Å². The third-order valence-electron chi connectivity index (χ3n) is 2.55. The Hall–Kier alpha value is -1.17. The van der Waals surface area contributed by atoms with Gasteiger partial charge >= 0.3 is 0 Å². The second-order valence-corrected chi connectivity index (χ2v) is 5.11. The van der Waals surface area contributed by atoms with Crippen LogP contribution >= 0.6 is 12.4 Å². The van der Waals surface area contributed by atoms with Crippen molar-refractivity contribution in [3.05, 3.63) is 24.4 Å². The van der Waals surface area contributed by atoms with Gasteiger partial charge < -0.3 is 27.4 Å². The third kappa shape index (κ3) is 4.45. The summed E-state index contributed by atoms with van der Waals surface area (Å²) in [6, 6.07) is 5.77. The van der Waals surface area contributed by atoms with Crippen molar-refractivity contribution in [2.75, 3.05) is 40.0 Å². The molecule has 0 aliphatic heterocycles. The number of hydrogen-bond acceptors (Lipinski definition) is 3. The molecular weight excluding hydrogens is 287 g/mol. The second kappa shape index (κ2) is 6.84. The number of aromatic nitrogens is 2. The van der Waals surface area contributed by atoms with E-state index in [1.165, 1.54) is 0 Å². The lowest BCUT2D eigenvalue weighted by atomic mass is 10.4. The fraction of sp³-hybridized carbons (Fsp3) is 0.417. The van der Waals surface area contributed by atoms with E-state index in [0.29, 0.717) is 18.2 Å². The molecule has 2 aromatic rings. The Kier molecular flexibility index (Phi) is 6.42. The quantitative estimate of drug-likeness (QED) is 0.694. The summed E-state index contributed by atoms with van der Waals surface area (Å²) in [5, 5.41) is 4.29. The second-order valence-electron chi connectivity index (χ2n) is 5.11. The molecule has 0 radical (unpaired) electrons. The molecule has 2 heterocycles. The highest BCUT2D eigenvalue weighted by atomic mass is 35.5. The lowest BCUT2D eigenvalue weighted by molar-refractivity contribution is -0.870. The number of nitrogens with two attached hydrogens (primary N) is 1. The zero-order chi connectivity index (χ0) is 12.5. The van der Waals surface area contributed by atoms with Gasteiger partial charge in [0.05, 0.1) is 26.7 Å². The molecule has 0 unspecified atom stereocenters. The predicted molar refractivity (Wildman–Crippen MR) is 75.2 cm³/mol. The van der Waals surface area contributed by atoms with Crippen molar-refractivity contribution < 1.29 is 21.6 Å². The summed E-state index contributed by atoms with van der Waals surface area (Å²) in [6.45, 7) is 1.52. The number of quaternary nitrogens is 1. The molecule has 108 valence electrons. The zero-order valence-corrected chi connectivity index (χ0v) is 12.9. The van der Waals surface area contributed by atoms with Crippen LogP contribution in [0.25, 0.3) is 5.52 Å². The van der Waals surface area contributed by atoms with E-state index in [2.05, 4.69) is 26.2 Å². The van der Waals surface area contributed by atoms with Crippen LogP contribution in [0, 0.1) is 0 Å². The van der Waals surface area contributed by atoms with Crippen LogP contribution in [0.1, 0.15) is 0 Å². The van der Waals surface area contributed by atoms with Gasteiger partial charge in [-0.2, -0.15) is 0 Å². The number of nitrogen functional groups attached to an aromatic ring is 1. The number of likely N-dealkylation sites (N-methyl/N-ethyl adjacent to an activating group) is 1. The van der Waals surface area contributed by atoms with Crippen molar-refractivity contribution in [1.29, 1.82) is 0 Å². The molecule has 2 rings (SSSR count). The van der Waals surface area contributed by atoms with Crippen molar-refractivity contribution in [3.8, 4) is 5.88 Å². The maximum atomic E-state index is 5.98. The van der Waals surface area contributed by atoms with Crippen LogP contribution in [0.15, 0.2) is 24.4 Å². The average Bonchev–Trinajstić information content (AvgIpc) is 2.55. The maximum absolute atomic E-state index is 5.98. The number of fused-ring (bicyclic) bond motifs is 1. The molecule has 2 aromatic heterocycles. The lowest BCUT2D eigenvalue weighted by Gasteiger charge is -2.23. The van der Waals surface area contributed by atoms with Gasteiger partial charge in [0.2, 0.25) is 0 Å². The van der Waals surface area contributed by atoms with Crippen LogP contribution in [0.5, 0.6) is 5.88 Å². The van der Waals surface area contributed by atoms with Crippen LogP contribution in [-0.2, 0) is 0 Å². The number of rotatable bonds is 4. The molecule has 2 N–H and O–H groups in total. The first-order valence-electron chi connectivity index (χ1n) is 5.63. The highest BCUT2D eigenvalue weighted by Gasteiger charge is 2.12. The summed E-state index contributed by atoms with van der Waals surface area (Å²) in [4.78, 5) is 0. The van der Waals surface area contributed by atoms with Crippen molar-refractivity contribution in [2.24, 2.45) is 0 Å². The van der Waals surface area contributed by atoms with Gasteiger partial charge in [0.1, 0.15) is 18.8 Å². The molecule has 0 spiro atoms. The molecule has 0 saturated heterocycles. The third-order valence-corrected chi connectivity index (χ3v) is 2.55. The number of hydrogen-bond donors (Lipinski definition) is 1. The summed E-state index contributed by atoms with van der Waals surface area (Å²) < 4.78 is 8.21. The molecule has 0 aromatic carbocycles. The number of nitrogens with zero attached hydrogens (tertiary/aromatic N) is 3. The maximum Gasteiger partial charge on any atom is 0.257 e. The average molecular weight is 307 g/mol. The predicted octanol–water partition coefficient (Wildman–Crippen LogP) is -1.57. The van der Waals surface area contributed by atoms with Crippen LogP contribution in [0.2, 0.25) is 0 Å². The number of halogens is 2. The molecule has 7 heteroatoms. The van der Waals surface area contributed by atoms with Crippen molar-refractivity contribution in [3.63, 3.8) is 0 Å². The molecule has 0 amide bonds. The smallest absolute Gasteiger partial charge is 0.257 e. The Morgan fingerprint density at radius 3 is 2.58 bits per heavy atom. The fourth-order valence-electron chi connectivity index (χ4n) is 1.52. The minimum Gasteiger partial charge on any atom is -1.00 e. The Bertz CT molecular complexity index is 522. The van der Waals surface area contributed by atoms with E-state index in [1.54, 1.807) is 4.52 Å². The first kappa shape index (κ1) is 17.8. The SMILES string of the molecule is C[N+](C)(C)CCOc1nn2ccccc2c1N.Cl.[Cl-]. The Balaban J connectivity index is 0.00000162. The summed E-state index contributed by atoms with van der Waals surface area (Å²) in [6.07, 6.45) is 1.86. The molecule has 5 nitrogen and oxygen atoms in total. The molecule has 0 bridgehead atoms. The van der Waals surface area contributed by atoms with E-state index in [1.807, 2.05) is 24.4 Å². The minimum absolute atomic E-state index is 0. The van der Waals surface area contributed by atoms with E-state index < -0.39 is 0 Å². The summed E-state index contributed by atoms with van der Waals surface area (Å²) in [5.74, 6) is 0.518. The van der Waals surface area contributed by atoms with Crippen LogP contribution < -0.4 is 22.9 Å². The summed E-state index contributed by atoms with van der Waals surface area (Å²) in [7, 11) is 6.36. The van der Waals surface area contributed by atoms with Crippen molar-refractivity contribution in [1.82, 2.24) is 9.61 Å². The fourth-order valence-corrected chi connectivity index (χ4v) is 1.52. The highest BCUT2D eigenvalue weighted by Crippen LogP contribution is 2.24. The number of pyridine rings is 1. The monoisotopic (exact) mass is 306 g/mol. The van der Waals surface area contributed by atoms with Gasteiger partial charge in [0.25, 0.3) is 5.88 Å². The molecule has 0 aliphatic rings. The van der Waals surface area contributed by atoms with E-state index in [0.717, 1.165) is 16.5 Å². The van der Waals surface area contributed by atoms with Gasteiger partial charge in [-0.25, -0.2) is 4.52 Å². The van der Waals surface area contributed by atoms with Crippen LogP contribution in [-0.4, -0.2) is 48.4 Å². The van der Waals surface area contributed by atoms with E-state index in [4.69, 9.17) is 10.5 Å². The Morgan fingerprint density at radius 2 is 2.00 bits per heavy atom. The number of ether oxygens (including phenoxy) is 1. The van der Waals surface area contributed by atoms with Gasteiger partial charge in [0.15, 0.2) is 0 Å². The topological polar surface area (TPSA) is 52.5 Å². The standard InChI is InChI=1S/C12H19N4O.2ClH/c1-16(2,3)8-9-17-12-11(13)10-6-4-5-7-15(10)14-12;;/h4-7H,8-9,13H2,1-3H3;2*1H/q+1;;/p-1. The normalized spacial score (nSPS) is 10.7. The molecule has 0 saturated carbocycles. The first-order chi connectivity index (χ1) is 7.97. The van der Waals surface area contributed by atoms with Crippen LogP contribution in [0.3, 0.4) is 0 Å². The number of anilines is 1.